The van der Waals surface area contributed by atoms with E-state index in [0.717, 1.165) is 5.75 Å². The Balaban J connectivity index is 3.49. The van der Waals surface area contributed by atoms with E-state index in [4.69, 9.17) is 4.74 Å². The summed E-state index contributed by atoms with van der Waals surface area (Å²) in [5.74, 6) is 0.758. The maximum Gasteiger partial charge on any atom is 0.194 e. The van der Waals surface area contributed by atoms with Gasteiger partial charge in [0.1, 0.15) is 0 Å². The van der Waals surface area contributed by atoms with Crippen LogP contribution in [0, 0.1) is 5.41 Å². The number of carbonyl (C=O) groups excluding carboxylic acids is 1. The van der Waals surface area contributed by atoms with E-state index in [2.05, 4.69) is 0 Å². The zero-order chi connectivity index (χ0) is 10.5. The molecular weight excluding hydrogens is 184 g/mol. The third-order valence-electron chi connectivity index (χ3n) is 1.38. The van der Waals surface area contributed by atoms with E-state index in [0.29, 0.717) is 6.61 Å². The molecule has 0 atom stereocenters. The van der Waals surface area contributed by atoms with Crippen LogP contribution >= 0.6 is 11.8 Å². The van der Waals surface area contributed by atoms with Crippen molar-refractivity contribution in [1.29, 1.82) is 0 Å². The van der Waals surface area contributed by atoms with Crippen molar-refractivity contribution in [3.8, 4) is 0 Å². The molecule has 2 nitrogen and oxygen atoms in total. The molecule has 0 aliphatic carbocycles. The Kier molecular flexibility index (Phi) is 5.65. The summed E-state index contributed by atoms with van der Waals surface area (Å²) in [7, 11) is 0. The molecule has 0 amide bonds. The van der Waals surface area contributed by atoms with E-state index in [1.807, 2.05) is 34.6 Å². The lowest BCUT2D eigenvalue weighted by molar-refractivity contribution is -0.117. The van der Waals surface area contributed by atoms with Gasteiger partial charge in [0.15, 0.2) is 5.12 Å². The smallest absolute Gasteiger partial charge is 0.194 e. The zero-order valence-electron chi connectivity index (χ0n) is 9.22. The van der Waals surface area contributed by atoms with E-state index in [1.165, 1.54) is 11.8 Å². The number of rotatable bonds is 4. The molecule has 0 heterocycles. The fourth-order valence-corrected chi connectivity index (χ4v) is 1.43. The van der Waals surface area contributed by atoms with Crippen LogP contribution in [0.15, 0.2) is 0 Å². The van der Waals surface area contributed by atoms with E-state index in [-0.39, 0.29) is 16.6 Å². The Morgan fingerprint density at radius 3 is 2.31 bits per heavy atom. The van der Waals surface area contributed by atoms with Gasteiger partial charge in [-0.1, -0.05) is 32.5 Å². The second-order valence-electron chi connectivity index (χ2n) is 4.31. The Morgan fingerprint density at radius 2 is 1.92 bits per heavy atom. The second-order valence-corrected chi connectivity index (χ2v) is 5.37. The molecule has 13 heavy (non-hydrogen) atoms. The van der Waals surface area contributed by atoms with Crippen LogP contribution < -0.4 is 0 Å². The first-order chi connectivity index (χ1) is 5.84. The number of thioether (sulfide) groups is 1. The molecule has 0 N–H and O–H groups in total. The number of hydrogen-bond donors (Lipinski definition) is 0. The van der Waals surface area contributed by atoms with Gasteiger partial charge in [0, 0.05) is 11.2 Å². The summed E-state index contributed by atoms with van der Waals surface area (Å²) in [5.41, 5.74) is -0.234. The summed E-state index contributed by atoms with van der Waals surface area (Å²) in [4.78, 5) is 11.4. The number of ether oxygens (including phenoxy) is 1. The Bertz CT molecular complexity index is 159. The first-order valence-electron chi connectivity index (χ1n) is 4.63. The highest BCUT2D eigenvalue weighted by molar-refractivity contribution is 8.13. The minimum Gasteiger partial charge on any atom is -0.378 e. The van der Waals surface area contributed by atoms with Crippen LogP contribution in [0.25, 0.3) is 0 Å². The third-order valence-corrected chi connectivity index (χ3v) is 2.63. The fourth-order valence-electron chi connectivity index (χ4n) is 0.635. The van der Waals surface area contributed by atoms with E-state index in [9.17, 15) is 4.79 Å². The summed E-state index contributed by atoms with van der Waals surface area (Å²) in [6.45, 7) is 10.5. The van der Waals surface area contributed by atoms with Gasteiger partial charge in [-0.2, -0.15) is 0 Å². The molecule has 0 rings (SSSR count). The lowest BCUT2D eigenvalue weighted by Crippen LogP contribution is -2.18. The predicted octanol–water partition coefficient (Wildman–Crippen LogP) is 2.72. The van der Waals surface area contributed by atoms with E-state index < -0.39 is 0 Å². The molecule has 0 aromatic heterocycles. The monoisotopic (exact) mass is 204 g/mol. The summed E-state index contributed by atoms with van der Waals surface area (Å²) in [6.07, 6.45) is 0.255. The molecular formula is C10H20O2S. The van der Waals surface area contributed by atoms with Gasteiger partial charge >= 0.3 is 0 Å². The van der Waals surface area contributed by atoms with E-state index in [1.54, 1.807) is 0 Å². The molecule has 0 aromatic rings. The van der Waals surface area contributed by atoms with Gasteiger partial charge in [-0.15, -0.1) is 0 Å². The molecule has 0 saturated carbocycles. The highest BCUT2D eigenvalue weighted by Gasteiger charge is 2.21. The minimum atomic E-state index is -0.234. The quantitative estimate of drug-likeness (QED) is 0.659. The van der Waals surface area contributed by atoms with Gasteiger partial charge in [0.25, 0.3) is 0 Å². The molecule has 3 heteroatoms. The van der Waals surface area contributed by atoms with Crippen molar-refractivity contribution in [3.63, 3.8) is 0 Å². The maximum absolute atomic E-state index is 11.4. The standard InChI is InChI=1S/C10H20O2S/c1-8(2)12-6-7-13-9(11)10(3,4)5/h8H,6-7H2,1-5H3. The van der Waals surface area contributed by atoms with Gasteiger partial charge in [-0.05, 0) is 13.8 Å². The molecule has 0 aromatic carbocycles. The first kappa shape index (κ1) is 13.0. The molecule has 0 aliphatic heterocycles. The van der Waals surface area contributed by atoms with Crippen LogP contribution in [-0.4, -0.2) is 23.6 Å². The molecule has 0 radical (unpaired) electrons. The van der Waals surface area contributed by atoms with Crippen LogP contribution in [0.3, 0.4) is 0 Å². The Hall–Kier alpha value is -0.0200. The average Bonchev–Trinajstić information content (AvgIpc) is 1.95. The molecule has 0 unspecified atom stereocenters. The molecule has 0 aliphatic rings. The first-order valence-corrected chi connectivity index (χ1v) is 5.61. The number of hydrogen-bond acceptors (Lipinski definition) is 3. The zero-order valence-corrected chi connectivity index (χ0v) is 10.0. The summed E-state index contributed by atoms with van der Waals surface area (Å²) >= 11 is 1.36. The van der Waals surface area contributed by atoms with Crippen LogP contribution in [0.1, 0.15) is 34.6 Å². The van der Waals surface area contributed by atoms with Crippen LogP contribution in [0.2, 0.25) is 0 Å². The largest absolute Gasteiger partial charge is 0.378 e. The van der Waals surface area contributed by atoms with Crippen LogP contribution in [0.4, 0.5) is 0 Å². The molecule has 0 saturated heterocycles. The maximum atomic E-state index is 11.4. The Labute approximate surface area is 85.4 Å². The van der Waals surface area contributed by atoms with Gasteiger partial charge in [0.05, 0.1) is 12.7 Å². The van der Waals surface area contributed by atoms with Crippen molar-refractivity contribution in [2.45, 2.75) is 40.7 Å². The van der Waals surface area contributed by atoms with Crippen molar-refractivity contribution in [2.75, 3.05) is 12.4 Å². The summed E-state index contributed by atoms with van der Waals surface area (Å²) in [6, 6.07) is 0. The normalized spacial score (nSPS) is 12.2. The predicted molar refractivity (Wildman–Crippen MR) is 58.0 cm³/mol. The summed E-state index contributed by atoms with van der Waals surface area (Å²) in [5, 5.41) is 0.236. The second kappa shape index (κ2) is 5.66. The Morgan fingerprint density at radius 1 is 1.38 bits per heavy atom. The van der Waals surface area contributed by atoms with Crippen molar-refractivity contribution in [2.24, 2.45) is 5.41 Å². The van der Waals surface area contributed by atoms with Gasteiger partial charge in [0.2, 0.25) is 0 Å². The van der Waals surface area contributed by atoms with Gasteiger partial charge in [-0.25, -0.2) is 0 Å². The van der Waals surface area contributed by atoms with Crippen LogP contribution in [-0.2, 0) is 9.53 Å². The average molecular weight is 204 g/mol. The third kappa shape index (κ3) is 7.08. The molecule has 78 valence electrons. The van der Waals surface area contributed by atoms with Gasteiger partial charge < -0.3 is 4.74 Å². The topological polar surface area (TPSA) is 26.3 Å². The van der Waals surface area contributed by atoms with Crippen molar-refractivity contribution in [3.05, 3.63) is 0 Å². The van der Waals surface area contributed by atoms with Crippen molar-refractivity contribution >= 4 is 16.9 Å². The molecule has 0 bridgehead atoms. The van der Waals surface area contributed by atoms with Crippen molar-refractivity contribution < 1.29 is 9.53 Å². The lowest BCUT2D eigenvalue weighted by atomic mass is 10.00. The summed E-state index contributed by atoms with van der Waals surface area (Å²) < 4.78 is 5.33. The molecule has 0 spiro atoms. The highest BCUT2D eigenvalue weighted by Crippen LogP contribution is 2.22. The van der Waals surface area contributed by atoms with Crippen molar-refractivity contribution in [1.82, 2.24) is 0 Å². The molecule has 0 fully saturated rings. The minimum absolute atomic E-state index is 0.234. The van der Waals surface area contributed by atoms with Crippen LogP contribution in [0.5, 0.6) is 0 Å². The lowest BCUT2D eigenvalue weighted by Gasteiger charge is -2.15. The van der Waals surface area contributed by atoms with Gasteiger partial charge in [-0.3, -0.25) is 4.79 Å². The SMILES string of the molecule is CC(C)OCCSC(=O)C(C)(C)C. The number of carbonyl (C=O) groups is 1. The fraction of sp³-hybridized carbons (Fsp3) is 0.900. The highest BCUT2D eigenvalue weighted by atomic mass is 32.2. The van der Waals surface area contributed by atoms with E-state index >= 15 is 0 Å².